The van der Waals surface area contributed by atoms with Crippen LogP contribution in [0.1, 0.15) is 31.9 Å². The Hall–Kier alpha value is -3.54. The Morgan fingerprint density at radius 3 is 2.61 bits per heavy atom. The van der Waals surface area contributed by atoms with E-state index >= 15 is 0 Å². The number of carbonyl (C=O) groups is 1. The number of anilines is 2. The number of aliphatic imine (C=N–C) groups is 1. The summed E-state index contributed by atoms with van der Waals surface area (Å²) in [5.74, 6) is 0.782. The highest BCUT2D eigenvalue weighted by molar-refractivity contribution is 5.71. The first-order valence-corrected chi connectivity index (χ1v) is 8.70. The van der Waals surface area contributed by atoms with Crippen molar-refractivity contribution < 1.29 is 9.53 Å². The minimum Gasteiger partial charge on any atom is -0.444 e. The number of H-pyrrole nitrogens is 1. The molecule has 9 nitrogen and oxygen atoms in total. The summed E-state index contributed by atoms with van der Waals surface area (Å²) in [6, 6.07) is 9.51. The first-order valence-electron chi connectivity index (χ1n) is 8.70. The van der Waals surface area contributed by atoms with Crippen LogP contribution in [0, 0.1) is 11.3 Å². The molecule has 2 aromatic rings. The molecule has 1 aromatic carbocycles. The zero-order valence-electron chi connectivity index (χ0n) is 16.7. The standard InChI is InChI=1S/C19H25N7O2/c1-19(2,3)28-18(27)21-11-13-6-8-14(9-7-13)23-17-15(10-20)16(24-25-17)22-12-26(4)5/h6-9,12H,11H2,1-5H3,(H,21,27)(H2,23,24,25)/b22-12+. The van der Waals surface area contributed by atoms with Crippen molar-refractivity contribution in [2.75, 3.05) is 19.4 Å². The quantitative estimate of drug-likeness (QED) is 0.520. The van der Waals surface area contributed by atoms with Crippen LogP contribution in [0.5, 0.6) is 0 Å². The number of aromatic amines is 1. The molecule has 0 spiro atoms. The van der Waals surface area contributed by atoms with Crippen LogP contribution >= 0.6 is 0 Å². The summed E-state index contributed by atoms with van der Waals surface area (Å²) in [5, 5.41) is 22.0. The second-order valence-corrected chi connectivity index (χ2v) is 7.29. The van der Waals surface area contributed by atoms with Crippen molar-refractivity contribution in [2.24, 2.45) is 4.99 Å². The van der Waals surface area contributed by atoms with Crippen molar-refractivity contribution in [3.05, 3.63) is 35.4 Å². The third kappa shape index (κ3) is 6.32. The molecule has 1 heterocycles. The molecule has 1 aromatic heterocycles. The largest absolute Gasteiger partial charge is 0.444 e. The number of nitriles is 1. The smallest absolute Gasteiger partial charge is 0.407 e. The molecule has 0 saturated heterocycles. The third-order valence-electron chi connectivity index (χ3n) is 3.33. The van der Waals surface area contributed by atoms with Crippen molar-refractivity contribution >= 4 is 29.8 Å². The molecule has 28 heavy (non-hydrogen) atoms. The first kappa shape index (κ1) is 20.8. The van der Waals surface area contributed by atoms with E-state index in [9.17, 15) is 10.1 Å². The van der Waals surface area contributed by atoms with Crippen LogP contribution in [-0.2, 0) is 11.3 Å². The molecule has 148 valence electrons. The highest BCUT2D eigenvalue weighted by Gasteiger charge is 2.16. The van der Waals surface area contributed by atoms with E-state index in [4.69, 9.17) is 4.74 Å². The van der Waals surface area contributed by atoms with Crippen LogP contribution in [0.25, 0.3) is 0 Å². The van der Waals surface area contributed by atoms with Gasteiger partial charge in [-0.05, 0) is 38.5 Å². The van der Waals surface area contributed by atoms with E-state index in [0.29, 0.717) is 23.7 Å². The lowest BCUT2D eigenvalue weighted by molar-refractivity contribution is 0.0523. The van der Waals surface area contributed by atoms with E-state index in [-0.39, 0.29) is 0 Å². The van der Waals surface area contributed by atoms with Gasteiger partial charge in [0.15, 0.2) is 11.6 Å². The van der Waals surface area contributed by atoms with Gasteiger partial charge in [-0.1, -0.05) is 12.1 Å². The van der Waals surface area contributed by atoms with Gasteiger partial charge in [-0.25, -0.2) is 9.79 Å². The van der Waals surface area contributed by atoms with Crippen LogP contribution in [0.2, 0.25) is 0 Å². The number of ether oxygens (including phenoxy) is 1. The molecule has 3 N–H and O–H groups in total. The zero-order chi connectivity index (χ0) is 20.7. The number of rotatable bonds is 6. The number of benzene rings is 1. The van der Waals surface area contributed by atoms with Gasteiger partial charge in [0.25, 0.3) is 0 Å². The summed E-state index contributed by atoms with van der Waals surface area (Å²) < 4.78 is 5.21. The molecule has 0 radical (unpaired) electrons. The Bertz CT molecular complexity index is 871. The summed E-state index contributed by atoms with van der Waals surface area (Å²) in [7, 11) is 3.68. The molecule has 0 unspecified atom stereocenters. The normalized spacial score (nSPS) is 11.1. The van der Waals surface area contributed by atoms with E-state index in [1.54, 1.807) is 11.2 Å². The molecule has 0 aliphatic carbocycles. The Morgan fingerprint density at radius 2 is 2.04 bits per heavy atom. The monoisotopic (exact) mass is 383 g/mol. The first-order chi connectivity index (χ1) is 13.2. The van der Waals surface area contributed by atoms with E-state index in [1.165, 1.54) is 0 Å². The second-order valence-electron chi connectivity index (χ2n) is 7.29. The van der Waals surface area contributed by atoms with Crippen molar-refractivity contribution in [1.82, 2.24) is 20.4 Å². The summed E-state index contributed by atoms with van der Waals surface area (Å²) in [6.45, 7) is 5.79. The van der Waals surface area contributed by atoms with E-state index < -0.39 is 11.7 Å². The van der Waals surface area contributed by atoms with Crippen molar-refractivity contribution in [3.8, 4) is 6.07 Å². The minimum atomic E-state index is -0.532. The number of amides is 1. The molecule has 1 amide bonds. The molecular formula is C19H25N7O2. The topological polar surface area (TPSA) is 118 Å². The molecule has 0 atom stereocenters. The average molecular weight is 383 g/mol. The lowest BCUT2D eigenvalue weighted by Gasteiger charge is -2.19. The van der Waals surface area contributed by atoms with Gasteiger partial charge >= 0.3 is 6.09 Å². The Labute approximate surface area is 164 Å². The van der Waals surface area contributed by atoms with Gasteiger partial charge in [-0.15, -0.1) is 0 Å². The lowest BCUT2D eigenvalue weighted by atomic mass is 10.2. The number of nitrogens with zero attached hydrogens (tertiary/aromatic N) is 4. The van der Waals surface area contributed by atoms with Gasteiger partial charge in [0.05, 0.1) is 6.34 Å². The van der Waals surface area contributed by atoms with Gasteiger partial charge in [-0.3, -0.25) is 5.10 Å². The van der Waals surface area contributed by atoms with Crippen molar-refractivity contribution in [2.45, 2.75) is 32.9 Å². The number of nitrogens with one attached hydrogen (secondary N) is 3. The minimum absolute atomic E-state index is 0.328. The van der Waals surface area contributed by atoms with Crippen molar-refractivity contribution in [1.29, 1.82) is 5.26 Å². The fourth-order valence-electron chi connectivity index (χ4n) is 2.13. The molecule has 0 aliphatic rings. The summed E-state index contributed by atoms with van der Waals surface area (Å²) in [4.78, 5) is 17.7. The highest BCUT2D eigenvalue weighted by Crippen LogP contribution is 2.25. The second kappa shape index (κ2) is 8.90. The Morgan fingerprint density at radius 1 is 1.36 bits per heavy atom. The van der Waals surface area contributed by atoms with Crippen LogP contribution < -0.4 is 10.6 Å². The van der Waals surface area contributed by atoms with Crippen LogP contribution in [-0.4, -0.2) is 47.2 Å². The van der Waals surface area contributed by atoms with Gasteiger partial charge in [0, 0.05) is 26.3 Å². The molecule has 9 heteroatoms. The fourth-order valence-corrected chi connectivity index (χ4v) is 2.13. The SMILES string of the molecule is CN(C)/C=N/c1[nH]nc(Nc2ccc(CNC(=O)OC(C)(C)C)cc2)c1C#N. The zero-order valence-corrected chi connectivity index (χ0v) is 16.7. The van der Waals surface area contributed by atoms with E-state index in [2.05, 4.69) is 31.9 Å². The average Bonchev–Trinajstić information content (AvgIpc) is 2.99. The molecule has 0 bridgehead atoms. The Balaban J connectivity index is 1.99. The van der Waals surface area contributed by atoms with Gasteiger partial charge in [0.2, 0.25) is 0 Å². The van der Waals surface area contributed by atoms with E-state index in [1.807, 2.05) is 59.1 Å². The third-order valence-corrected chi connectivity index (χ3v) is 3.33. The molecule has 0 fully saturated rings. The summed E-state index contributed by atoms with van der Waals surface area (Å²) in [5.41, 5.74) is 1.46. The summed E-state index contributed by atoms with van der Waals surface area (Å²) in [6.07, 6.45) is 1.13. The van der Waals surface area contributed by atoms with Crippen LogP contribution in [0.4, 0.5) is 22.1 Å². The highest BCUT2D eigenvalue weighted by atomic mass is 16.6. The lowest BCUT2D eigenvalue weighted by Crippen LogP contribution is -2.32. The van der Waals surface area contributed by atoms with Gasteiger partial charge < -0.3 is 20.3 Å². The van der Waals surface area contributed by atoms with Gasteiger partial charge in [-0.2, -0.15) is 10.4 Å². The van der Waals surface area contributed by atoms with Crippen molar-refractivity contribution in [3.63, 3.8) is 0 Å². The number of hydrogen-bond donors (Lipinski definition) is 3. The maximum atomic E-state index is 11.7. The number of carbonyl (C=O) groups excluding carboxylic acids is 1. The maximum absolute atomic E-state index is 11.7. The van der Waals surface area contributed by atoms with E-state index in [0.717, 1.165) is 11.3 Å². The molecule has 0 aliphatic heterocycles. The van der Waals surface area contributed by atoms with Crippen LogP contribution in [0.3, 0.4) is 0 Å². The predicted octanol–water partition coefficient (Wildman–Crippen LogP) is 3.27. The van der Waals surface area contributed by atoms with Crippen LogP contribution in [0.15, 0.2) is 29.3 Å². The fraction of sp³-hybridized carbons (Fsp3) is 0.368. The summed E-state index contributed by atoms with van der Waals surface area (Å²) >= 11 is 0. The number of alkyl carbamates (subject to hydrolysis) is 1. The molecule has 0 saturated carbocycles. The Kier molecular flexibility index (Phi) is 6.60. The predicted molar refractivity (Wildman–Crippen MR) is 108 cm³/mol. The number of aromatic nitrogens is 2. The number of hydrogen-bond acceptors (Lipinski definition) is 6. The molecular weight excluding hydrogens is 358 g/mol. The molecule has 2 rings (SSSR count). The van der Waals surface area contributed by atoms with Gasteiger partial charge in [0.1, 0.15) is 17.2 Å². The maximum Gasteiger partial charge on any atom is 0.407 e.